The maximum absolute atomic E-state index is 11.7. The summed E-state index contributed by atoms with van der Waals surface area (Å²) < 4.78 is 11.3. The number of benzene rings is 1. The summed E-state index contributed by atoms with van der Waals surface area (Å²) in [5.74, 6) is 0.432. The number of hydrogen-bond donors (Lipinski definition) is 0. The molecule has 7 heteroatoms. The Hall–Kier alpha value is -2.25. The number of esters is 1. The normalized spacial score (nSPS) is 11.0. The first-order valence-electron chi connectivity index (χ1n) is 6.22. The zero-order valence-electron chi connectivity index (χ0n) is 11.1. The molecule has 3 rings (SSSR count). The molecule has 0 unspecified atom stereocenters. The van der Waals surface area contributed by atoms with Gasteiger partial charge in [-0.25, -0.2) is 4.79 Å². The molecule has 5 nitrogen and oxygen atoms in total. The monoisotopic (exact) mass is 376 g/mol. The lowest BCUT2D eigenvalue weighted by Gasteiger charge is -2.01. The third-order valence-corrected chi connectivity index (χ3v) is 4.25. The standard InChI is InChI=1S/C15H9BrN2O3S/c16-13-7-5-12(22-13)6-8-14(19)21-11-3-1-10(2-4-11)15-18-17-9-20-15/h1-9H/b8-6+. The first-order chi connectivity index (χ1) is 10.7. The highest BCUT2D eigenvalue weighted by Crippen LogP contribution is 2.23. The van der Waals surface area contributed by atoms with Crippen molar-refractivity contribution in [1.82, 2.24) is 10.2 Å². The van der Waals surface area contributed by atoms with E-state index in [2.05, 4.69) is 26.1 Å². The summed E-state index contributed by atoms with van der Waals surface area (Å²) in [5.41, 5.74) is 0.760. The minimum absolute atomic E-state index is 0.418. The van der Waals surface area contributed by atoms with Crippen molar-refractivity contribution < 1.29 is 13.9 Å². The van der Waals surface area contributed by atoms with Crippen molar-refractivity contribution in [2.24, 2.45) is 0 Å². The van der Waals surface area contributed by atoms with E-state index in [4.69, 9.17) is 9.15 Å². The summed E-state index contributed by atoms with van der Waals surface area (Å²) in [5, 5.41) is 7.41. The van der Waals surface area contributed by atoms with Crippen LogP contribution in [0.1, 0.15) is 4.88 Å². The van der Waals surface area contributed by atoms with Gasteiger partial charge in [-0.15, -0.1) is 21.5 Å². The fraction of sp³-hybridized carbons (Fsp3) is 0. The lowest BCUT2D eigenvalue weighted by Crippen LogP contribution is -2.03. The van der Waals surface area contributed by atoms with Crippen molar-refractivity contribution in [3.05, 3.63) is 57.5 Å². The maximum atomic E-state index is 11.7. The lowest BCUT2D eigenvalue weighted by atomic mass is 10.2. The lowest BCUT2D eigenvalue weighted by molar-refractivity contribution is -0.128. The summed E-state index contributed by atoms with van der Waals surface area (Å²) >= 11 is 4.90. The molecule has 0 aliphatic rings. The van der Waals surface area contributed by atoms with Crippen LogP contribution in [-0.4, -0.2) is 16.2 Å². The first-order valence-corrected chi connectivity index (χ1v) is 7.83. The van der Waals surface area contributed by atoms with Crippen LogP contribution in [0, 0.1) is 0 Å². The van der Waals surface area contributed by atoms with Crippen LogP contribution in [0.4, 0.5) is 0 Å². The van der Waals surface area contributed by atoms with Crippen LogP contribution in [0.5, 0.6) is 5.75 Å². The van der Waals surface area contributed by atoms with Crippen LogP contribution in [0.2, 0.25) is 0 Å². The molecule has 22 heavy (non-hydrogen) atoms. The van der Waals surface area contributed by atoms with Gasteiger partial charge in [0.05, 0.1) is 3.79 Å². The van der Waals surface area contributed by atoms with E-state index in [0.29, 0.717) is 11.6 Å². The van der Waals surface area contributed by atoms with E-state index in [1.54, 1.807) is 30.3 Å². The van der Waals surface area contributed by atoms with Gasteiger partial charge in [0.15, 0.2) is 0 Å². The zero-order chi connectivity index (χ0) is 15.4. The second-order valence-corrected chi connectivity index (χ2v) is 6.66. The van der Waals surface area contributed by atoms with Gasteiger partial charge >= 0.3 is 5.97 Å². The van der Waals surface area contributed by atoms with E-state index in [-0.39, 0.29) is 0 Å². The van der Waals surface area contributed by atoms with Crippen molar-refractivity contribution in [3.63, 3.8) is 0 Å². The highest BCUT2D eigenvalue weighted by molar-refractivity contribution is 9.11. The van der Waals surface area contributed by atoms with E-state index in [0.717, 1.165) is 14.2 Å². The van der Waals surface area contributed by atoms with Crippen LogP contribution in [0.15, 0.2) is 57.1 Å². The molecule has 2 heterocycles. The zero-order valence-corrected chi connectivity index (χ0v) is 13.5. The minimum Gasteiger partial charge on any atom is -0.423 e. The molecular formula is C15H9BrN2O3S. The van der Waals surface area contributed by atoms with Gasteiger partial charge in [-0.1, -0.05) is 0 Å². The molecule has 0 N–H and O–H groups in total. The topological polar surface area (TPSA) is 65.2 Å². The van der Waals surface area contributed by atoms with Crippen molar-refractivity contribution in [2.75, 3.05) is 0 Å². The molecule has 0 saturated carbocycles. The molecule has 0 aliphatic carbocycles. The molecule has 0 saturated heterocycles. The van der Waals surface area contributed by atoms with E-state index in [1.807, 2.05) is 12.1 Å². The second kappa shape index (κ2) is 6.67. The Morgan fingerprint density at radius 2 is 2.05 bits per heavy atom. The molecule has 0 radical (unpaired) electrons. The predicted molar refractivity (Wildman–Crippen MR) is 86.4 cm³/mol. The average molecular weight is 377 g/mol. The van der Waals surface area contributed by atoms with Crippen LogP contribution < -0.4 is 4.74 Å². The molecule has 3 aromatic rings. The van der Waals surface area contributed by atoms with Gasteiger partial charge in [0.2, 0.25) is 12.3 Å². The van der Waals surface area contributed by atoms with Gasteiger partial charge in [-0.05, 0) is 58.4 Å². The number of carbonyl (C=O) groups is 1. The Labute approximate surface area is 138 Å². The fourth-order valence-corrected chi connectivity index (χ4v) is 3.01. The maximum Gasteiger partial charge on any atom is 0.336 e. The predicted octanol–water partition coefficient (Wildman–Crippen LogP) is 4.18. The summed E-state index contributed by atoms with van der Waals surface area (Å²) in [4.78, 5) is 12.7. The Bertz CT molecular complexity index is 795. The third kappa shape index (κ3) is 3.69. The van der Waals surface area contributed by atoms with Gasteiger partial charge < -0.3 is 9.15 Å². The number of ether oxygens (including phenoxy) is 1. The van der Waals surface area contributed by atoms with Crippen LogP contribution >= 0.6 is 27.3 Å². The van der Waals surface area contributed by atoms with E-state index < -0.39 is 5.97 Å². The summed E-state index contributed by atoms with van der Waals surface area (Å²) in [6.45, 7) is 0. The van der Waals surface area contributed by atoms with Crippen LogP contribution in [-0.2, 0) is 4.79 Å². The van der Waals surface area contributed by atoms with Gasteiger partial charge in [0, 0.05) is 16.5 Å². The summed E-state index contributed by atoms with van der Waals surface area (Å²) in [6.07, 6.45) is 4.37. The quantitative estimate of drug-likeness (QED) is 0.388. The largest absolute Gasteiger partial charge is 0.423 e. The minimum atomic E-state index is -0.435. The third-order valence-electron chi connectivity index (χ3n) is 2.66. The SMILES string of the molecule is O=C(/C=C/c1ccc(Br)s1)Oc1ccc(-c2nnco2)cc1. The molecular weight excluding hydrogens is 368 g/mol. The van der Waals surface area contributed by atoms with E-state index in [1.165, 1.54) is 23.8 Å². The number of aromatic nitrogens is 2. The molecule has 2 aromatic heterocycles. The average Bonchev–Trinajstić information content (AvgIpc) is 3.17. The number of thiophene rings is 1. The van der Waals surface area contributed by atoms with E-state index in [9.17, 15) is 4.79 Å². The van der Waals surface area contributed by atoms with Gasteiger partial charge in [0.1, 0.15) is 5.75 Å². The molecule has 0 aliphatic heterocycles. The Morgan fingerprint density at radius 3 is 2.68 bits per heavy atom. The Balaban J connectivity index is 1.63. The summed E-state index contributed by atoms with van der Waals surface area (Å²) in [6, 6.07) is 10.7. The van der Waals surface area contributed by atoms with Gasteiger partial charge in [0.25, 0.3) is 0 Å². The molecule has 0 spiro atoms. The number of nitrogens with zero attached hydrogens (tertiary/aromatic N) is 2. The molecule has 1 aromatic carbocycles. The van der Waals surface area contributed by atoms with Crippen LogP contribution in [0.3, 0.4) is 0 Å². The van der Waals surface area contributed by atoms with Crippen LogP contribution in [0.25, 0.3) is 17.5 Å². The first kappa shape index (κ1) is 14.7. The number of carbonyl (C=O) groups excluding carboxylic acids is 1. The molecule has 0 atom stereocenters. The second-order valence-electron chi connectivity index (χ2n) is 4.16. The highest BCUT2D eigenvalue weighted by atomic mass is 79.9. The number of hydrogen-bond acceptors (Lipinski definition) is 6. The highest BCUT2D eigenvalue weighted by Gasteiger charge is 2.05. The summed E-state index contributed by atoms with van der Waals surface area (Å²) in [7, 11) is 0. The fourth-order valence-electron chi connectivity index (χ4n) is 1.68. The van der Waals surface area contributed by atoms with Crippen molar-refractivity contribution >= 4 is 39.3 Å². The number of halogens is 1. The molecule has 0 fully saturated rings. The molecule has 0 amide bonds. The molecule has 0 bridgehead atoms. The van der Waals surface area contributed by atoms with Gasteiger partial charge in [-0.2, -0.15) is 0 Å². The van der Waals surface area contributed by atoms with Crippen molar-refractivity contribution in [1.29, 1.82) is 0 Å². The number of rotatable bonds is 4. The Kier molecular flexibility index (Phi) is 4.45. The smallest absolute Gasteiger partial charge is 0.336 e. The van der Waals surface area contributed by atoms with Crippen molar-refractivity contribution in [2.45, 2.75) is 0 Å². The van der Waals surface area contributed by atoms with Crippen molar-refractivity contribution in [3.8, 4) is 17.2 Å². The molecule has 110 valence electrons. The Morgan fingerprint density at radius 1 is 1.23 bits per heavy atom. The van der Waals surface area contributed by atoms with Gasteiger partial charge in [-0.3, -0.25) is 0 Å². The van der Waals surface area contributed by atoms with E-state index >= 15 is 0 Å².